The minimum atomic E-state index is -1.16. The number of amides is 3. The van der Waals surface area contributed by atoms with Gasteiger partial charge < -0.3 is 35.1 Å². The van der Waals surface area contributed by atoms with Gasteiger partial charge in [0.25, 0.3) is 5.91 Å². The summed E-state index contributed by atoms with van der Waals surface area (Å²) in [6.45, 7) is 13.0. The van der Waals surface area contributed by atoms with E-state index in [-0.39, 0.29) is 43.3 Å². The molecule has 354 valence electrons. The first-order valence-corrected chi connectivity index (χ1v) is 23.5. The molecule has 15 heteroatoms. The molecular formula is C52H64N8O7. The van der Waals surface area contributed by atoms with Crippen LogP contribution in [-0.4, -0.2) is 98.7 Å². The molecule has 0 radical (unpaired) electrons. The summed E-state index contributed by atoms with van der Waals surface area (Å²) in [6, 6.07) is 13.9. The zero-order chi connectivity index (χ0) is 47.9. The first kappa shape index (κ1) is 47.3. The Morgan fingerprint density at radius 2 is 1.87 bits per heavy atom. The number of aryl methyl sites for hydroxylation is 1. The van der Waals surface area contributed by atoms with E-state index in [9.17, 15) is 24.3 Å². The molecule has 3 aliphatic rings. The van der Waals surface area contributed by atoms with Crippen LogP contribution >= 0.6 is 0 Å². The topological polar surface area (TPSA) is 194 Å². The van der Waals surface area contributed by atoms with Crippen LogP contribution in [0.3, 0.4) is 0 Å². The van der Waals surface area contributed by atoms with Gasteiger partial charge in [-0.25, -0.2) is 5.43 Å². The average molecular weight is 913 g/mol. The molecule has 1 fully saturated rings. The fourth-order valence-electron chi connectivity index (χ4n) is 10.4. The number of nitrogens with zero attached hydrogens (tertiary/aromatic N) is 5. The minimum Gasteiger partial charge on any atom is -0.508 e. The predicted octanol–water partition coefficient (Wildman–Crippen LogP) is 6.20. The van der Waals surface area contributed by atoms with E-state index in [4.69, 9.17) is 20.2 Å². The second-order valence-corrected chi connectivity index (χ2v) is 19.6. The van der Waals surface area contributed by atoms with E-state index in [1.54, 1.807) is 44.9 Å². The molecule has 3 aromatic heterocycles. The quantitative estimate of drug-likeness (QED) is 0.123. The number of rotatable bonds is 9. The van der Waals surface area contributed by atoms with Gasteiger partial charge in [-0.1, -0.05) is 39.8 Å². The summed E-state index contributed by atoms with van der Waals surface area (Å²) in [5.74, 6) is -2.67. The Labute approximate surface area is 392 Å². The van der Waals surface area contributed by atoms with Crippen molar-refractivity contribution in [2.45, 2.75) is 110 Å². The molecule has 67 heavy (non-hydrogen) atoms. The molecule has 5 aromatic rings. The maximum absolute atomic E-state index is 14.8. The van der Waals surface area contributed by atoms with Crippen LogP contribution in [0.2, 0.25) is 0 Å². The first-order chi connectivity index (χ1) is 32.0. The van der Waals surface area contributed by atoms with Crippen LogP contribution < -0.4 is 16.5 Å². The number of cyclic esters (lactones) is 1. The van der Waals surface area contributed by atoms with E-state index >= 15 is 0 Å². The van der Waals surface area contributed by atoms with Crippen molar-refractivity contribution >= 4 is 34.6 Å². The number of nitrogens with two attached hydrogens (primary N) is 1. The summed E-state index contributed by atoms with van der Waals surface area (Å²) in [6.07, 6.45) is 6.78. The number of aromatic nitrogens is 3. The zero-order valence-electron chi connectivity index (χ0n) is 39.8. The number of carbonyl (C=O) groups is 4. The second-order valence-electron chi connectivity index (χ2n) is 19.6. The molecule has 3 amide bonds. The fraction of sp³-hybridized carbons (Fsp3) is 0.462. The molecule has 1 unspecified atom stereocenters. The number of benzene rings is 2. The molecule has 0 spiro atoms. The van der Waals surface area contributed by atoms with Gasteiger partial charge in [0.2, 0.25) is 11.8 Å². The van der Waals surface area contributed by atoms with Gasteiger partial charge >= 0.3 is 5.97 Å². The molecule has 6 bridgehead atoms. The molecule has 6 atom stereocenters. The highest BCUT2D eigenvalue weighted by Crippen LogP contribution is 2.42. The Morgan fingerprint density at radius 1 is 1.07 bits per heavy atom. The van der Waals surface area contributed by atoms with Crippen LogP contribution in [0.15, 0.2) is 73.2 Å². The van der Waals surface area contributed by atoms with Crippen molar-refractivity contribution in [1.82, 2.24) is 35.2 Å². The third-order valence-corrected chi connectivity index (χ3v) is 13.8. The first-order valence-electron chi connectivity index (χ1n) is 23.5. The molecule has 2 aliphatic heterocycles. The largest absolute Gasteiger partial charge is 0.508 e. The number of phenolic OH excluding ortho intramolecular Hbond substituents is 1. The molecule has 5 heterocycles. The number of pyridine rings is 2. The molecule has 5 N–H and O–H groups in total. The van der Waals surface area contributed by atoms with Crippen LogP contribution in [0.4, 0.5) is 0 Å². The summed E-state index contributed by atoms with van der Waals surface area (Å²) in [5.41, 5.74) is 18.0. The third-order valence-electron chi connectivity index (χ3n) is 13.8. The number of fused-ring (bicyclic) bond motifs is 7. The highest BCUT2D eigenvalue weighted by atomic mass is 16.5. The fourth-order valence-corrected chi connectivity index (χ4v) is 10.4. The maximum Gasteiger partial charge on any atom is 0.324 e. The van der Waals surface area contributed by atoms with Gasteiger partial charge in [-0.2, -0.15) is 0 Å². The van der Waals surface area contributed by atoms with E-state index in [0.29, 0.717) is 37.8 Å². The van der Waals surface area contributed by atoms with E-state index in [0.717, 1.165) is 55.7 Å². The van der Waals surface area contributed by atoms with Gasteiger partial charge in [0.15, 0.2) is 0 Å². The second kappa shape index (κ2) is 19.2. The smallest absolute Gasteiger partial charge is 0.324 e. The summed E-state index contributed by atoms with van der Waals surface area (Å²) >= 11 is 0. The Balaban J connectivity index is 1.20. The molecule has 8 rings (SSSR count). The Bertz CT molecular complexity index is 2700. The Morgan fingerprint density at radius 3 is 2.60 bits per heavy atom. The van der Waals surface area contributed by atoms with E-state index in [1.165, 1.54) is 9.91 Å². The number of esters is 1. The third kappa shape index (κ3) is 9.41. The SMILES string of the molecule is CCn1c(-c2cccnc2[C@H](C)OC)c2c3cc(ccc31)-c1cc(O)cc(c1)C[C@H](NC(=O)C(C(C)C)N(C)C(=O)[C@H]1Cc3cnccc3[C@H]1N)C(=O)N1CCC[C@H](N1)C(=O)OCC(C)(C)C2. The van der Waals surface area contributed by atoms with Gasteiger partial charge in [-0.15, -0.1) is 0 Å². The van der Waals surface area contributed by atoms with Crippen molar-refractivity contribution in [3.8, 4) is 28.1 Å². The Hall–Kier alpha value is -6.16. The maximum atomic E-state index is 14.8. The van der Waals surface area contributed by atoms with Crippen molar-refractivity contribution in [3.63, 3.8) is 0 Å². The predicted molar refractivity (Wildman–Crippen MR) is 255 cm³/mol. The molecule has 15 nitrogen and oxygen atoms in total. The lowest BCUT2D eigenvalue weighted by Crippen LogP contribution is -2.62. The van der Waals surface area contributed by atoms with Gasteiger partial charge in [0.05, 0.1) is 30.0 Å². The lowest BCUT2D eigenvalue weighted by molar-refractivity contribution is -0.155. The van der Waals surface area contributed by atoms with Crippen LogP contribution in [0.1, 0.15) is 94.5 Å². The van der Waals surface area contributed by atoms with Crippen LogP contribution in [0.25, 0.3) is 33.3 Å². The van der Waals surface area contributed by atoms with Gasteiger partial charge in [0, 0.05) is 80.2 Å². The lowest BCUT2D eigenvalue weighted by atomic mass is 9.84. The highest BCUT2D eigenvalue weighted by molar-refractivity contribution is 5.96. The number of hydrazine groups is 1. The monoisotopic (exact) mass is 912 g/mol. The van der Waals surface area contributed by atoms with Crippen LogP contribution in [0, 0.1) is 17.3 Å². The van der Waals surface area contributed by atoms with Gasteiger partial charge in [0.1, 0.15) is 23.9 Å². The normalized spacial score (nSPS) is 21.6. The van der Waals surface area contributed by atoms with E-state index < -0.39 is 53.3 Å². The lowest BCUT2D eigenvalue weighted by Gasteiger charge is -2.37. The summed E-state index contributed by atoms with van der Waals surface area (Å²) in [5, 5.41) is 16.8. The van der Waals surface area contributed by atoms with E-state index in [1.807, 2.05) is 45.0 Å². The molecule has 1 aliphatic carbocycles. The number of carbonyl (C=O) groups excluding carboxylic acids is 4. The number of aromatic hydroxyl groups is 1. The van der Waals surface area contributed by atoms with E-state index in [2.05, 4.69) is 59.3 Å². The molecule has 0 saturated carbocycles. The molecule has 2 aromatic carbocycles. The minimum absolute atomic E-state index is 0.00291. The van der Waals surface area contributed by atoms with Gasteiger partial charge in [-0.3, -0.25) is 34.2 Å². The molecule has 1 saturated heterocycles. The average Bonchev–Trinajstić information content (AvgIpc) is 3.81. The van der Waals surface area contributed by atoms with Crippen molar-refractivity contribution in [1.29, 1.82) is 0 Å². The van der Waals surface area contributed by atoms with Crippen molar-refractivity contribution in [2.75, 3.05) is 27.3 Å². The van der Waals surface area contributed by atoms with Gasteiger partial charge in [-0.05, 0) is 121 Å². The number of phenols is 1. The number of hydrogen-bond acceptors (Lipinski definition) is 11. The summed E-state index contributed by atoms with van der Waals surface area (Å²) in [7, 11) is 3.28. The van der Waals surface area contributed by atoms with Crippen molar-refractivity contribution in [2.24, 2.45) is 23.0 Å². The zero-order valence-corrected chi connectivity index (χ0v) is 39.8. The number of ether oxygens (including phenoxy) is 2. The number of nitrogens with one attached hydrogen (secondary N) is 2. The highest BCUT2D eigenvalue weighted by Gasteiger charge is 2.42. The number of likely N-dealkylation sites (N-methyl/N-ethyl adjacent to an activating group) is 1. The number of hydrogen-bond donors (Lipinski definition) is 4. The Kier molecular flexibility index (Phi) is 13.6. The summed E-state index contributed by atoms with van der Waals surface area (Å²) < 4.78 is 14.2. The van der Waals surface area contributed by atoms with Crippen molar-refractivity contribution < 1.29 is 33.8 Å². The van der Waals surface area contributed by atoms with Crippen LogP contribution in [0.5, 0.6) is 5.75 Å². The van der Waals surface area contributed by atoms with Crippen molar-refractivity contribution in [3.05, 3.63) is 101 Å². The summed E-state index contributed by atoms with van der Waals surface area (Å²) in [4.78, 5) is 68.0. The van der Waals surface area contributed by atoms with Crippen LogP contribution in [-0.2, 0) is 54.5 Å². The number of methoxy groups -OCH3 is 1. The standard InChI is InChI=1S/C52H64N8O7/c1-9-59-43-15-14-32-24-38(43)40(47(59)37-12-10-17-55-45(37)30(4)66-8)26-52(5,6)28-67-51(65)41-13-11-19-60(57-41)50(64)42(22-31-20-33(32)23-35(61)21-31)56-48(62)46(29(2)3)58(7)49(63)39-25-34-27-54-18-16-36(34)44(39)53/h10,12,14-18,20-21,23-24,27,29-30,39,41-42,44,46,57,61H,9,11,13,19,22,25-26,28,53H2,1-8H3,(H,56,62)/t30-,39-,41-,42-,44+,46?/m0/s1. The molecular weight excluding hydrogens is 849 g/mol.